The number of ether oxygens (including phenoxy) is 3. The van der Waals surface area contributed by atoms with Gasteiger partial charge in [-0.3, -0.25) is 9.59 Å². The summed E-state index contributed by atoms with van der Waals surface area (Å²) in [6, 6.07) is 4.27. The van der Waals surface area contributed by atoms with Gasteiger partial charge in [0.15, 0.2) is 11.5 Å². The molecule has 1 fully saturated rings. The highest BCUT2D eigenvalue weighted by molar-refractivity contribution is 7.89. The van der Waals surface area contributed by atoms with Crippen LogP contribution in [0.5, 0.6) is 11.5 Å². The fraction of sp³-hybridized carbons (Fsp3) is 0.500. The minimum atomic E-state index is -3.92. The van der Waals surface area contributed by atoms with Crippen LogP contribution in [0, 0.1) is 0 Å². The molecule has 0 aromatic heterocycles. The van der Waals surface area contributed by atoms with Gasteiger partial charge >= 0.3 is 11.8 Å². The topological polar surface area (TPSA) is 123 Å². The lowest BCUT2D eigenvalue weighted by Crippen LogP contribution is -2.52. The number of carbonyl (C=O) groups is 2. The van der Waals surface area contributed by atoms with Crippen LogP contribution >= 0.6 is 0 Å². The molecule has 1 saturated heterocycles. The van der Waals surface area contributed by atoms with Gasteiger partial charge in [0.2, 0.25) is 10.0 Å². The second-order valence-electron chi connectivity index (χ2n) is 5.60. The highest BCUT2D eigenvalue weighted by Crippen LogP contribution is 2.31. The van der Waals surface area contributed by atoms with Crippen molar-refractivity contribution in [2.75, 3.05) is 41.0 Å². The van der Waals surface area contributed by atoms with Crippen LogP contribution in [0.4, 0.5) is 0 Å². The lowest BCUT2D eigenvalue weighted by Gasteiger charge is -2.34. The van der Waals surface area contributed by atoms with Crippen molar-refractivity contribution in [3.05, 3.63) is 18.2 Å². The molecule has 1 aliphatic heterocycles. The number of hydrogen-bond acceptors (Lipinski definition) is 7. The molecule has 1 heterocycles. The largest absolute Gasteiger partial charge is 0.493 e. The predicted molar refractivity (Wildman–Crippen MR) is 94.9 cm³/mol. The van der Waals surface area contributed by atoms with E-state index in [4.69, 9.17) is 14.2 Å². The molecule has 0 spiro atoms. The average molecular weight is 401 g/mol. The van der Waals surface area contributed by atoms with Gasteiger partial charge in [0.25, 0.3) is 0 Å². The normalized spacial score (nSPS) is 17.8. The molecule has 0 radical (unpaired) electrons. The van der Waals surface area contributed by atoms with Gasteiger partial charge in [-0.2, -0.15) is 4.31 Å². The van der Waals surface area contributed by atoms with Gasteiger partial charge in [-0.25, -0.2) is 8.42 Å². The first-order valence-electron chi connectivity index (χ1n) is 8.20. The Balaban J connectivity index is 2.23. The van der Waals surface area contributed by atoms with Gasteiger partial charge in [0.1, 0.15) is 6.23 Å². The molecule has 0 aliphatic carbocycles. The third kappa shape index (κ3) is 4.67. The number of nitrogens with one attached hydrogen (secondary N) is 2. The molecule has 0 unspecified atom stereocenters. The minimum Gasteiger partial charge on any atom is -0.493 e. The van der Waals surface area contributed by atoms with Crippen LogP contribution < -0.4 is 20.1 Å². The number of amides is 2. The first-order valence-corrected chi connectivity index (χ1v) is 9.64. The molecule has 11 heteroatoms. The fourth-order valence-electron chi connectivity index (χ4n) is 2.59. The van der Waals surface area contributed by atoms with E-state index in [0.29, 0.717) is 18.8 Å². The second kappa shape index (κ2) is 9.02. The third-order valence-electron chi connectivity index (χ3n) is 3.99. The maximum absolute atomic E-state index is 13.1. The molecule has 1 aromatic carbocycles. The smallest absolute Gasteiger partial charge is 0.309 e. The highest BCUT2D eigenvalue weighted by Gasteiger charge is 2.35. The molecule has 27 heavy (non-hydrogen) atoms. The van der Waals surface area contributed by atoms with Crippen LogP contribution in [0.3, 0.4) is 0 Å². The van der Waals surface area contributed by atoms with Crippen LogP contribution in [-0.2, 0) is 24.3 Å². The monoisotopic (exact) mass is 401 g/mol. The summed E-state index contributed by atoms with van der Waals surface area (Å²) in [6.07, 6.45) is -0.419. The van der Waals surface area contributed by atoms with Crippen molar-refractivity contribution in [1.29, 1.82) is 0 Å². The van der Waals surface area contributed by atoms with Gasteiger partial charge in [-0.05, 0) is 18.6 Å². The van der Waals surface area contributed by atoms with Crippen LogP contribution in [0.2, 0.25) is 0 Å². The first-order chi connectivity index (χ1) is 12.8. The molecular weight excluding hydrogens is 378 g/mol. The standard InChI is InChI=1S/C16H23N3O7S/c1-17-15(20)16(21)18-10-14-19(7-4-8-26-14)27(22,23)11-5-6-12(24-2)13(9-11)25-3/h5-6,9,14H,4,7-8,10H2,1-3H3,(H,17,20)(H,18,21)/t14-/m1/s1. The van der Waals surface area contributed by atoms with Crippen molar-refractivity contribution in [2.45, 2.75) is 17.5 Å². The van der Waals surface area contributed by atoms with E-state index in [1.807, 2.05) is 0 Å². The molecule has 1 aromatic rings. The summed E-state index contributed by atoms with van der Waals surface area (Å²) in [4.78, 5) is 22.9. The second-order valence-corrected chi connectivity index (χ2v) is 7.49. The fourth-order valence-corrected chi connectivity index (χ4v) is 4.17. The summed E-state index contributed by atoms with van der Waals surface area (Å²) < 4.78 is 43.1. The number of nitrogens with zero attached hydrogens (tertiary/aromatic N) is 1. The number of benzene rings is 1. The lowest BCUT2D eigenvalue weighted by atomic mass is 10.3. The number of carbonyl (C=O) groups excluding carboxylic acids is 2. The van der Waals surface area contributed by atoms with Crippen molar-refractivity contribution in [3.8, 4) is 11.5 Å². The van der Waals surface area contributed by atoms with E-state index < -0.39 is 28.1 Å². The molecule has 150 valence electrons. The Bertz CT molecular complexity index is 797. The molecular formula is C16H23N3O7S. The van der Waals surface area contributed by atoms with Gasteiger partial charge in [-0.15, -0.1) is 0 Å². The summed E-state index contributed by atoms with van der Waals surface area (Å²) in [5.74, 6) is -1.00. The van der Waals surface area contributed by atoms with Gasteiger partial charge < -0.3 is 24.8 Å². The molecule has 2 rings (SSSR count). The Morgan fingerprint density at radius 2 is 1.93 bits per heavy atom. The molecule has 10 nitrogen and oxygen atoms in total. The summed E-state index contributed by atoms with van der Waals surface area (Å²) >= 11 is 0. The zero-order chi connectivity index (χ0) is 20.0. The number of likely N-dealkylation sites (N-methyl/N-ethyl adjacent to an activating group) is 1. The molecule has 0 bridgehead atoms. The van der Waals surface area contributed by atoms with Crippen LogP contribution in [0.1, 0.15) is 6.42 Å². The Morgan fingerprint density at radius 1 is 1.22 bits per heavy atom. The summed E-state index contributed by atoms with van der Waals surface area (Å²) in [7, 11) is 0.271. The van der Waals surface area contributed by atoms with E-state index in [1.165, 1.54) is 39.5 Å². The van der Waals surface area contributed by atoms with Crippen molar-refractivity contribution in [2.24, 2.45) is 0 Å². The molecule has 2 amide bonds. The lowest BCUT2D eigenvalue weighted by molar-refractivity contribution is -0.139. The van der Waals surface area contributed by atoms with Crippen molar-refractivity contribution < 1.29 is 32.2 Å². The number of rotatable bonds is 6. The highest BCUT2D eigenvalue weighted by atomic mass is 32.2. The van der Waals surface area contributed by atoms with Crippen LogP contribution in [-0.4, -0.2) is 71.7 Å². The van der Waals surface area contributed by atoms with Crippen molar-refractivity contribution >= 4 is 21.8 Å². The Labute approximate surface area is 157 Å². The number of sulfonamides is 1. The van der Waals surface area contributed by atoms with Crippen LogP contribution in [0.25, 0.3) is 0 Å². The molecule has 1 aliphatic rings. The Morgan fingerprint density at radius 3 is 2.56 bits per heavy atom. The van der Waals surface area contributed by atoms with Crippen molar-refractivity contribution in [3.63, 3.8) is 0 Å². The van der Waals surface area contributed by atoms with E-state index in [-0.39, 0.29) is 23.7 Å². The van der Waals surface area contributed by atoms with E-state index in [9.17, 15) is 18.0 Å². The summed E-state index contributed by atoms with van der Waals surface area (Å²) in [5, 5.41) is 4.56. The van der Waals surface area contributed by atoms with Gasteiger partial charge in [-0.1, -0.05) is 0 Å². The molecule has 2 N–H and O–H groups in total. The van der Waals surface area contributed by atoms with Crippen molar-refractivity contribution in [1.82, 2.24) is 14.9 Å². The Hall–Kier alpha value is -2.37. The molecule has 1 atom stereocenters. The third-order valence-corrected chi connectivity index (χ3v) is 5.87. The Kier molecular flexibility index (Phi) is 6.99. The zero-order valence-corrected chi connectivity index (χ0v) is 16.2. The maximum Gasteiger partial charge on any atom is 0.309 e. The SMILES string of the molecule is CNC(=O)C(=O)NC[C@H]1OCCCN1S(=O)(=O)c1ccc(OC)c(OC)c1. The summed E-state index contributed by atoms with van der Waals surface area (Å²) in [5.41, 5.74) is 0. The molecule has 0 saturated carbocycles. The zero-order valence-electron chi connectivity index (χ0n) is 15.4. The van der Waals surface area contributed by atoms with E-state index in [2.05, 4.69) is 10.6 Å². The maximum atomic E-state index is 13.1. The number of methoxy groups -OCH3 is 2. The minimum absolute atomic E-state index is 0.00766. The average Bonchev–Trinajstić information content (AvgIpc) is 2.70. The van der Waals surface area contributed by atoms with E-state index >= 15 is 0 Å². The van der Waals surface area contributed by atoms with E-state index in [0.717, 1.165) is 4.31 Å². The van der Waals surface area contributed by atoms with Gasteiger partial charge in [0, 0.05) is 19.7 Å². The van der Waals surface area contributed by atoms with Gasteiger partial charge in [0.05, 0.1) is 32.3 Å². The van der Waals surface area contributed by atoms with Crippen LogP contribution in [0.15, 0.2) is 23.1 Å². The number of hydrogen-bond donors (Lipinski definition) is 2. The van der Waals surface area contributed by atoms with E-state index in [1.54, 1.807) is 0 Å². The first kappa shape index (κ1) is 20.9. The predicted octanol–water partition coefficient (Wildman–Crippen LogP) is -0.697. The summed E-state index contributed by atoms with van der Waals surface area (Å²) in [6.45, 7) is 0.411. The quantitative estimate of drug-likeness (QED) is 0.605.